The van der Waals surface area contributed by atoms with Gasteiger partial charge >= 0.3 is 0 Å². The summed E-state index contributed by atoms with van der Waals surface area (Å²) in [4.78, 5) is 0. The predicted molar refractivity (Wildman–Crippen MR) is 161 cm³/mol. The van der Waals surface area contributed by atoms with Crippen LogP contribution in [0.2, 0.25) is 0 Å². The molecule has 1 aromatic rings. The zero-order valence-corrected chi connectivity index (χ0v) is 24.7. The van der Waals surface area contributed by atoms with Gasteiger partial charge in [0.25, 0.3) is 0 Å². The van der Waals surface area contributed by atoms with E-state index in [1.54, 1.807) is 24.0 Å². The van der Waals surface area contributed by atoms with Crippen molar-refractivity contribution in [2.45, 2.75) is 155 Å². The smallest absolute Gasteiger partial charge is 0.0654 e. The molecule has 0 amide bonds. The molecule has 0 aliphatic heterocycles. The van der Waals surface area contributed by atoms with Crippen LogP contribution in [0, 0.1) is 0 Å². The second kappa shape index (κ2) is 23.1. The van der Waals surface area contributed by atoms with Crippen LogP contribution in [0.3, 0.4) is 0 Å². The molecular weight excluding hydrogens is 427 g/mol. The van der Waals surface area contributed by atoms with Crippen molar-refractivity contribution in [2.75, 3.05) is 18.5 Å². The van der Waals surface area contributed by atoms with E-state index in [1.165, 1.54) is 135 Å². The third-order valence-electron chi connectivity index (χ3n) is 7.82. The van der Waals surface area contributed by atoms with Crippen LogP contribution in [0.15, 0.2) is 30.3 Å². The number of rotatable bonds is 25. The van der Waals surface area contributed by atoms with E-state index in [2.05, 4.69) is 51.1 Å². The lowest BCUT2D eigenvalue weighted by Gasteiger charge is -2.28. The monoisotopic (exact) mass is 489 g/mol. The molecule has 1 rings (SSSR count). The van der Waals surface area contributed by atoms with Crippen molar-refractivity contribution in [1.29, 1.82) is 0 Å². The summed E-state index contributed by atoms with van der Waals surface area (Å²) < 4.78 is 0. The average molecular weight is 490 g/mol. The minimum Gasteiger partial charge on any atom is -0.0654 e. The molecule has 0 spiro atoms. The van der Waals surface area contributed by atoms with Crippen LogP contribution in [-0.2, 0) is 6.16 Å². The second-order valence-electron chi connectivity index (χ2n) is 11.2. The molecule has 0 fully saturated rings. The minimum absolute atomic E-state index is 0.895. The van der Waals surface area contributed by atoms with Gasteiger partial charge in [-0.3, -0.25) is 0 Å². The molecule has 0 radical (unpaired) electrons. The minimum atomic E-state index is -0.895. The van der Waals surface area contributed by atoms with Crippen molar-refractivity contribution < 1.29 is 0 Å². The van der Waals surface area contributed by atoms with Gasteiger partial charge in [0.1, 0.15) is 0 Å². The van der Waals surface area contributed by atoms with Gasteiger partial charge in [0, 0.05) is 7.26 Å². The molecule has 198 valence electrons. The summed E-state index contributed by atoms with van der Waals surface area (Å²) in [6, 6.07) is 11.6. The molecule has 0 saturated carbocycles. The molecule has 0 heterocycles. The van der Waals surface area contributed by atoms with E-state index < -0.39 is 7.26 Å². The zero-order valence-electron chi connectivity index (χ0n) is 23.8. The Kier molecular flexibility index (Phi) is 21.5. The molecule has 34 heavy (non-hydrogen) atoms. The number of hydrogen-bond donors (Lipinski definition) is 0. The van der Waals surface area contributed by atoms with Crippen LogP contribution in [0.1, 0.15) is 155 Å². The van der Waals surface area contributed by atoms with Gasteiger partial charge in [-0.25, -0.2) is 0 Å². The van der Waals surface area contributed by atoms with Gasteiger partial charge in [-0.1, -0.05) is 141 Å². The highest BCUT2D eigenvalue weighted by atomic mass is 31.2. The highest BCUT2D eigenvalue weighted by molar-refractivity contribution is 7.75. The number of unbranched alkanes of at least 4 members (excludes halogenated alkanes) is 17. The second-order valence-corrected chi connectivity index (χ2v) is 15.5. The topological polar surface area (TPSA) is 0 Å². The Balaban J connectivity index is 2.66. The van der Waals surface area contributed by atoms with Crippen molar-refractivity contribution in [3.63, 3.8) is 0 Å². The number of hydrogen-bond acceptors (Lipinski definition) is 0. The Bertz CT molecular complexity index is 507. The van der Waals surface area contributed by atoms with Gasteiger partial charge in [-0.2, -0.15) is 0 Å². The SMILES string of the molecule is CCCCCCCCCC[P+](CCCCCCCC)(CCCCCCCC)Cc1ccccc1. The molecule has 0 N–H and O–H groups in total. The largest absolute Gasteiger partial charge is 0.0842 e. The highest BCUT2D eigenvalue weighted by Crippen LogP contribution is 2.63. The van der Waals surface area contributed by atoms with Crippen molar-refractivity contribution >= 4 is 7.26 Å². The van der Waals surface area contributed by atoms with Crippen LogP contribution in [0.4, 0.5) is 0 Å². The first kappa shape index (κ1) is 31.7. The molecule has 0 aliphatic carbocycles. The van der Waals surface area contributed by atoms with E-state index in [1.807, 2.05) is 0 Å². The van der Waals surface area contributed by atoms with E-state index in [-0.39, 0.29) is 0 Å². The molecule has 0 nitrogen and oxygen atoms in total. The lowest BCUT2D eigenvalue weighted by atomic mass is 10.1. The van der Waals surface area contributed by atoms with E-state index in [9.17, 15) is 0 Å². The van der Waals surface area contributed by atoms with Gasteiger partial charge in [-0.15, -0.1) is 0 Å². The quantitative estimate of drug-likeness (QED) is 0.0946. The maximum Gasteiger partial charge on any atom is 0.0842 e. The van der Waals surface area contributed by atoms with E-state index in [0.29, 0.717) is 0 Å². The summed E-state index contributed by atoms with van der Waals surface area (Å²) in [5, 5.41) is 0. The third kappa shape index (κ3) is 17.1. The Morgan fingerprint density at radius 3 is 1.09 bits per heavy atom. The Hall–Kier alpha value is -0.350. The van der Waals surface area contributed by atoms with Crippen LogP contribution >= 0.6 is 7.26 Å². The molecular formula is C33H62P+. The van der Waals surface area contributed by atoms with Crippen molar-refractivity contribution in [2.24, 2.45) is 0 Å². The normalized spacial score (nSPS) is 11.9. The molecule has 0 saturated heterocycles. The lowest BCUT2D eigenvalue weighted by molar-refractivity contribution is 0.585. The maximum atomic E-state index is 2.42. The first-order valence-electron chi connectivity index (χ1n) is 15.7. The molecule has 0 atom stereocenters. The van der Waals surface area contributed by atoms with Crippen LogP contribution < -0.4 is 0 Å². The third-order valence-corrected chi connectivity index (χ3v) is 12.6. The fourth-order valence-electron chi connectivity index (χ4n) is 5.58. The summed E-state index contributed by atoms with van der Waals surface area (Å²) >= 11 is 0. The van der Waals surface area contributed by atoms with Crippen molar-refractivity contribution in [1.82, 2.24) is 0 Å². The summed E-state index contributed by atoms with van der Waals surface area (Å²) in [7, 11) is -0.895. The average Bonchev–Trinajstić information content (AvgIpc) is 2.86. The Labute approximate surface area is 216 Å². The molecule has 1 aromatic carbocycles. The van der Waals surface area contributed by atoms with Crippen molar-refractivity contribution in [3.8, 4) is 0 Å². The summed E-state index contributed by atoms with van der Waals surface area (Å²) in [6.07, 6.45) is 35.2. The zero-order chi connectivity index (χ0) is 24.6. The lowest BCUT2D eigenvalue weighted by Crippen LogP contribution is -2.12. The first-order valence-corrected chi connectivity index (χ1v) is 18.2. The van der Waals surface area contributed by atoms with Crippen LogP contribution in [0.25, 0.3) is 0 Å². The summed E-state index contributed by atoms with van der Waals surface area (Å²) in [5.74, 6) is 0. The molecule has 0 bridgehead atoms. The van der Waals surface area contributed by atoms with Gasteiger partial charge < -0.3 is 0 Å². The number of benzene rings is 1. The van der Waals surface area contributed by atoms with E-state index in [0.717, 1.165) is 0 Å². The van der Waals surface area contributed by atoms with Crippen molar-refractivity contribution in [3.05, 3.63) is 35.9 Å². The standard InChI is InChI=1S/C33H62P/c1-4-7-10-13-16-17-20-26-31-34(29-24-18-14-11-8-5-2,30-25-19-15-12-9-6-3)32-33-27-22-21-23-28-33/h21-23,27-28H,4-20,24-26,29-32H2,1-3H3/q+1. The van der Waals surface area contributed by atoms with E-state index in [4.69, 9.17) is 0 Å². The maximum absolute atomic E-state index is 2.42. The first-order chi connectivity index (χ1) is 16.8. The van der Waals surface area contributed by atoms with Gasteiger partial charge in [-0.05, 0) is 44.1 Å². The molecule has 1 heteroatoms. The molecule has 0 aromatic heterocycles. The van der Waals surface area contributed by atoms with Crippen LogP contribution in [-0.4, -0.2) is 18.5 Å². The predicted octanol–water partition coefficient (Wildman–Crippen LogP) is 12.1. The Morgan fingerprint density at radius 2 is 0.735 bits per heavy atom. The molecule has 0 aliphatic rings. The van der Waals surface area contributed by atoms with Gasteiger partial charge in [0.2, 0.25) is 0 Å². The fraction of sp³-hybridized carbons (Fsp3) is 0.818. The highest BCUT2D eigenvalue weighted by Gasteiger charge is 2.35. The van der Waals surface area contributed by atoms with Gasteiger partial charge in [0.15, 0.2) is 0 Å². The Morgan fingerprint density at radius 1 is 0.412 bits per heavy atom. The van der Waals surface area contributed by atoms with Gasteiger partial charge in [0.05, 0.1) is 24.6 Å². The van der Waals surface area contributed by atoms with E-state index >= 15 is 0 Å². The summed E-state index contributed by atoms with van der Waals surface area (Å²) in [6.45, 7) is 6.99. The molecule has 0 unspecified atom stereocenters. The van der Waals surface area contributed by atoms with Crippen LogP contribution in [0.5, 0.6) is 0 Å². The summed E-state index contributed by atoms with van der Waals surface area (Å²) in [5.41, 5.74) is 1.63. The fourth-order valence-corrected chi connectivity index (χ4v) is 10.4.